The molecule has 0 bridgehead atoms. The first-order valence-corrected chi connectivity index (χ1v) is 6.30. The molecule has 1 unspecified atom stereocenters. The average Bonchev–Trinajstić information content (AvgIpc) is 2.85. The van der Waals surface area contributed by atoms with Crippen molar-refractivity contribution in [1.82, 2.24) is 10.3 Å². The standard InChI is InChI=1S/C15H18N2O2/c1-11-14(7-8-16-11)15(19)17-13(10-18)9-12-5-3-2-4-6-12/h2-8,13,16,18H,9-10H2,1H3,(H,17,19). The molecule has 1 aromatic heterocycles. The minimum atomic E-state index is -0.274. The summed E-state index contributed by atoms with van der Waals surface area (Å²) in [6.07, 6.45) is 2.35. The lowest BCUT2D eigenvalue weighted by Crippen LogP contribution is -2.39. The van der Waals surface area contributed by atoms with Crippen LogP contribution >= 0.6 is 0 Å². The van der Waals surface area contributed by atoms with Gasteiger partial charge in [0.1, 0.15) is 0 Å². The van der Waals surface area contributed by atoms with Gasteiger partial charge in [-0.3, -0.25) is 4.79 Å². The van der Waals surface area contributed by atoms with Gasteiger partial charge in [0.15, 0.2) is 0 Å². The third kappa shape index (κ3) is 3.45. The summed E-state index contributed by atoms with van der Waals surface area (Å²) in [5, 5.41) is 12.2. The molecule has 19 heavy (non-hydrogen) atoms. The smallest absolute Gasteiger partial charge is 0.253 e. The minimum absolute atomic E-state index is 0.0793. The van der Waals surface area contributed by atoms with Crippen molar-refractivity contribution in [2.24, 2.45) is 0 Å². The van der Waals surface area contributed by atoms with E-state index in [0.717, 1.165) is 11.3 Å². The molecule has 1 atom stereocenters. The van der Waals surface area contributed by atoms with Gasteiger partial charge in [0, 0.05) is 11.9 Å². The Balaban J connectivity index is 2.00. The van der Waals surface area contributed by atoms with Crippen molar-refractivity contribution in [2.75, 3.05) is 6.61 Å². The molecule has 0 aliphatic rings. The molecule has 0 radical (unpaired) electrons. The highest BCUT2D eigenvalue weighted by atomic mass is 16.3. The van der Waals surface area contributed by atoms with Crippen molar-refractivity contribution in [3.63, 3.8) is 0 Å². The molecule has 0 aliphatic carbocycles. The predicted octanol–water partition coefficient (Wildman–Crippen LogP) is 1.66. The van der Waals surface area contributed by atoms with Crippen molar-refractivity contribution >= 4 is 5.91 Å². The Morgan fingerprint density at radius 1 is 1.32 bits per heavy atom. The van der Waals surface area contributed by atoms with Gasteiger partial charge in [-0.25, -0.2) is 0 Å². The van der Waals surface area contributed by atoms with Crippen LogP contribution in [0.25, 0.3) is 0 Å². The Morgan fingerprint density at radius 3 is 2.63 bits per heavy atom. The van der Waals surface area contributed by atoms with Crippen LogP contribution in [0.15, 0.2) is 42.6 Å². The second-order valence-corrected chi connectivity index (χ2v) is 4.56. The Labute approximate surface area is 112 Å². The molecule has 1 aromatic carbocycles. The number of hydrogen-bond donors (Lipinski definition) is 3. The molecule has 1 heterocycles. The zero-order valence-corrected chi connectivity index (χ0v) is 10.9. The summed E-state index contributed by atoms with van der Waals surface area (Å²) in [6.45, 7) is 1.77. The number of aliphatic hydroxyl groups is 1. The van der Waals surface area contributed by atoms with Crippen LogP contribution in [-0.4, -0.2) is 28.6 Å². The number of aryl methyl sites for hydroxylation is 1. The molecule has 0 spiro atoms. The maximum absolute atomic E-state index is 12.0. The Hall–Kier alpha value is -2.07. The van der Waals surface area contributed by atoms with Crippen LogP contribution < -0.4 is 5.32 Å². The van der Waals surface area contributed by atoms with Crippen molar-refractivity contribution in [2.45, 2.75) is 19.4 Å². The van der Waals surface area contributed by atoms with Crippen molar-refractivity contribution in [3.8, 4) is 0 Å². The van der Waals surface area contributed by atoms with Crippen LogP contribution in [0.3, 0.4) is 0 Å². The van der Waals surface area contributed by atoms with E-state index in [9.17, 15) is 9.90 Å². The molecule has 4 heteroatoms. The van der Waals surface area contributed by atoms with Gasteiger partial charge in [-0.15, -0.1) is 0 Å². The van der Waals surface area contributed by atoms with Gasteiger partial charge in [0.25, 0.3) is 5.91 Å². The summed E-state index contributed by atoms with van der Waals surface area (Å²) in [4.78, 5) is 15.0. The normalized spacial score (nSPS) is 12.1. The number of nitrogens with one attached hydrogen (secondary N) is 2. The fourth-order valence-electron chi connectivity index (χ4n) is 2.02. The number of H-pyrrole nitrogens is 1. The predicted molar refractivity (Wildman–Crippen MR) is 74.0 cm³/mol. The van der Waals surface area contributed by atoms with Gasteiger partial charge >= 0.3 is 0 Å². The Morgan fingerprint density at radius 2 is 2.05 bits per heavy atom. The lowest BCUT2D eigenvalue weighted by atomic mass is 10.1. The van der Waals surface area contributed by atoms with Crippen LogP contribution in [0, 0.1) is 6.92 Å². The summed E-state index contributed by atoms with van der Waals surface area (Å²) in [6, 6.07) is 11.3. The second-order valence-electron chi connectivity index (χ2n) is 4.56. The number of rotatable bonds is 5. The van der Waals surface area contributed by atoms with Gasteiger partial charge in [-0.05, 0) is 25.0 Å². The van der Waals surface area contributed by atoms with Crippen LogP contribution in [0.1, 0.15) is 21.6 Å². The first-order valence-electron chi connectivity index (χ1n) is 6.30. The highest BCUT2D eigenvalue weighted by Crippen LogP contribution is 2.07. The summed E-state index contributed by atoms with van der Waals surface area (Å²) in [5.74, 6) is -0.159. The number of aromatic amines is 1. The molecule has 1 amide bonds. The van der Waals surface area contributed by atoms with E-state index in [1.54, 1.807) is 12.3 Å². The second kappa shape index (κ2) is 6.20. The quantitative estimate of drug-likeness (QED) is 0.763. The highest BCUT2D eigenvalue weighted by molar-refractivity contribution is 5.95. The molecule has 0 aliphatic heterocycles. The largest absolute Gasteiger partial charge is 0.394 e. The van der Waals surface area contributed by atoms with E-state index in [1.807, 2.05) is 37.3 Å². The van der Waals surface area contributed by atoms with E-state index < -0.39 is 0 Å². The Bertz CT molecular complexity index is 534. The zero-order chi connectivity index (χ0) is 13.7. The third-order valence-corrected chi connectivity index (χ3v) is 3.08. The number of hydrogen-bond acceptors (Lipinski definition) is 2. The first kappa shape index (κ1) is 13.4. The maximum Gasteiger partial charge on any atom is 0.253 e. The van der Waals surface area contributed by atoms with E-state index in [1.165, 1.54) is 0 Å². The van der Waals surface area contributed by atoms with E-state index >= 15 is 0 Å². The van der Waals surface area contributed by atoms with Gasteiger partial charge in [-0.1, -0.05) is 30.3 Å². The van der Waals surface area contributed by atoms with Gasteiger partial charge in [0.2, 0.25) is 0 Å². The molecular formula is C15H18N2O2. The fraction of sp³-hybridized carbons (Fsp3) is 0.267. The summed E-state index contributed by atoms with van der Waals surface area (Å²) in [5.41, 5.74) is 2.54. The average molecular weight is 258 g/mol. The minimum Gasteiger partial charge on any atom is -0.394 e. The highest BCUT2D eigenvalue weighted by Gasteiger charge is 2.15. The van der Waals surface area contributed by atoms with E-state index in [0.29, 0.717) is 12.0 Å². The number of aliphatic hydroxyl groups excluding tert-OH is 1. The molecule has 2 rings (SSSR count). The molecule has 2 aromatic rings. The van der Waals surface area contributed by atoms with Gasteiger partial charge in [-0.2, -0.15) is 0 Å². The number of carbonyl (C=O) groups is 1. The zero-order valence-electron chi connectivity index (χ0n) is 10.9. The van der Waals surface area contributed by atoms with Crippen LogP contribution in [0.5, 0.6) is 0 Å². The molecular weight excluding hydrogens is 240 g/mol. The van der Waals surface area contributed by atoms with E-state index in [-0.39, 0.29) is 18.6 Å². The fourth-order valence-corrected chi connectivity index (χ4v) is 2.02. The van der Waals surface area contributed by atoms with Crippen LogP contribution in [0.2, 0.25) is 0 Å². The van der Waals surface area contributed by atoms with Gasteiger partial charge in [0.05, 0.1) is 18.2 Å². The number of benzene rings is 1. The first-order chi connectivity index (χ1) is 9.20. The molecule has 100 valence electrons. The van der Waals surface area contributed by atoms with Crippen LogP contribution in [-0.2, 0) is 6.42 Å². The summed E-state index contributed by atoms with van der Waals surface area (Å²) < 4.78 is 0. The number of amides is 1. The van der Waals surface area contributed by atoms with E-state index in [2.05, 4.69) is 10.3 Å². The lowest BCUT2D eigenvalue weighted by Gasteiger charge is -2.16. The molecule has 0 saturated carbocycles. The van der Waals surface area contributed by atoms with Gasteiger partial charge < -0.3 is 15.4 Å². The van der Waals surface area contributed by atoms with Crippen molar-refractivity contribution in [3.05, 3.63) is 59.4 Å². The van der Waals surface area contributed by atoms with E-state index in [4.69, 9.17) is 0 Å². The lowest BCUT2D eigenvalue weighted by molar-refractivity contribution is 0.0916. The number of carbonyl (C=O) groups excluding carboxylic acids is 1. The van der Waals surface area contributed by atoms with Crippen LogP contribution in [0.4, 0.5) is 0 Å². The monoisotopic (exact) mass is 258 g/mol. The number of aromatic nitrogens is 1. The summed E-state index contributed by atoms with van der Waals surface area (Å²) >= 11 is 0. The molecule has 0 fully saturated rings. The molecule has 3 N–H and O–H groups in total. The topological polar surface area (TPSA) is 65.1 Å². The third-order valence-electron chi connectivity index (χ3n) is 3.08. The molecule has 4 nitrogen and oxygen atoms in total. The summed E-state index contributed by atoms with van der Waals surface area (Å²) in [7, 11) is 0. The molecule has 0 saturated heterocycles. The Kier molecular flexibility index (Phi) is 4.36. The van der Waals surface area contributed by atoms with Crippen molar-refractivity contribution < 1.29 is 9.90 Å². The SMILES string of the molecule is Cc1[nH]ccc1C(=O)NC(CO)Cc1ccccc1. The van der Waals surface area contributed by atoms with Crippen molar-refractivity contribution in [1.29, 1.82) is 0 Å². The maximum atomic E-state index is 12.0.